The van der Waals surface area contributed by atoms with Crippen LogP contribution in [0.25, 0.3) is 5.65 Å². The molecule has 2 aromatic heterocycles. The second-order valence-corrected chi connectivity index (χ2v) is 10.1. The molecule has 38 heavy (non-hydrogen) atoms. The predicted octanol–water partition coefficient (Wildman–Crippen LogP) is 4.43. The number of amides is 1. The number of hydrogen-bond donors (Lipinski definition) is 3. The third-order valence-corrected chi connectivity index (χ3v) is 7.18. The number of rotatable bonds is 4. The summed E-state index contributed by atoms with van der Waals surface area (Å²) < 4.78 is 42.8. The molecule has 1 fully saturated rings. The third kappa shape index (κ3) is 3.92. The predicted molar refractivity (Wildman–Crippen MR) is 134 cm³/mol. The Labute approximate surface area is 215 Å². The first-order valence-electron chi connectivity index (χ1n) is 12.1. The van der Waals surface area contributed by atoms with Crippen LogP contribution in [-0.2, 0) is 16.4 Å². The van der Waals surface area contributed by atoms with Gasteiger partial charge < -0.3 is 20.6 Å². The summed E-state index contributed by atoms with van der Waals surface area (Å²) in [5, 5.41) is 20.9. The van der Waals surface area contributed by atoms with Crippen LogP contribution in [0.1, 0.15) is 43.0 Å². The van der Waals surface area contributed by atoms with Gasteiger partial charge in [-0.2, -0.15) is 18.2 Å². The number of fused-ring (bicyclic) bond motifs is 2. The molecule has 9 nitrogen and oxygen atoms in total. The zero-order valence-corrected chi connectivity index (χ0v) is 20.5. The van der Waals surface area contributed by atoms with Crippen molar-refractivity contribution in [3.63, 3.8) is 0 Å². The molecule has 196 valence electrons. The molecule has 2 aliphatic heterocycles. The number of nitrogens with zero attached hydrogens (tertiary/aromatic N) is 5. The summed E-state index contributed by atoms with van der Waals surface area (Å²) in [6.07, 6.45) is -2.17. The number of alkyl halides is 3. The van der Waals surface area contributed by atoms with Gasteiger partial charge >= 0.3 is 6.18 Å². The van der Waals surface area contributed by atoms with Gasteiger partial charge in [0, 0.05) is 30.3 Å². The minimum Gasteiger partial charge on any atom is -0.391 e. The van der Waals surface area contributed by atoms with Gasteiger partial charge in [0.15, 0.2) is 11.5 Å². The van der Waals surface area contributed by atoms with E-state index in [4.69, 9.17) is 0 Å². The van der Waals surface area contributed by atoms with Gasteiger partial charge in [-0.1, -0.05) is 24.3 Å². The fourth-order valence-electron chi connectivity index (χ4n) is 5.25. The van der Waals surface area contributed by atoms with E-state index < -0.39 is 29.3 Å². The van der Waals surface area contributed by atoms with Gasteiger partial charge in [-0.3, -0.25) is 4.79 Å². The largest absolute Gasteiger partial charge is 0.416 e. The lowest BCUT2D eigenvalue weighted by Crippen LogP contribution is -2.27. The van der Waals surface area contributed by atoms with Crippen LogP contribution < -0.4 is 15.5 Å². The summed E-state index contributed by atoms with van der Waals surface area (Å²) in [5.41, 5.74) is 1.27. The standard InChI is InChI=1S/C26H24F3N7O2/c1-25(2)18-8-7-14(11-19(18)32-23(25)38)31-24-33-22-21(30-9-10-36(22)34-24)35-13-15(37)12-20(35)16-5-3-4-6-17(16)26(27,28)29/h3-11,15,20,37H,12-13H2,1-2H3,(H,31,34)(H,32,38)/t15-,20-/m1/s1. The van der Waals surface area contributed by atoms with Crippen molar-refractivity contribution in [1.82, 2.24) is 19.6 Å². The SMILES string of the molecule is CC1(C)C(=O)Nc2cc(Nc3nc4c(N5C[C@H](O)C[C@@H]5c5ccccc5C(F)(F)F)nccn4n3)ccc21. The molecule has 0 bridgehead atoms. The Bertz CT molecular complexity index is 1570. The molecule has 0 radical (unpaired) electrons. The summed E-state index contributed by atoms with van der Waals surface area (Å²) in [4.78, 5) is 22.9. The van der Waals surface area contributed by atoms with Gasteiger partial charge in [-0.15, -0.1) is 5.10 Å². The van der Waals surface area contributed by atoms with Crippen molar-refractivity contribution in [3.8, 4) is 0 Å². The molecule has 1 amide bonds. The molecule has 0 saturated carbocycles. The van der Waals surface area contributed by atoms with Crippen LogP contribution >= 0.6 is 0 Å². The summed E-state index contributed by atoms with van der Waals surface area (Å²) in [6.45, 7) is 3.81. The number of aliphatic hydroxyl groups excluding tert-OH is 1. The number of aromatic nitrogens is 4. The lowest BCUT2D eigenvalue weighted by Gasteiger charge is -2.27. The highest BCUT2D eigenvalue weighted by molar-refractivity contribution is 6.06. The van der Waals surface area contributed by atoms with Crippen LogP contribution in [0.4, 0.5) is 36.3 Å². The monoisotopic (exact) mass is 523 g/mol. The number of halogens is 3. The number of hydrogen-bond acceptors (Lipinski definition) is 7. The Morgan fingerprint density at radius 2 is 1.97 bits per heavy atom. The molecule has 0 unspecified atom stereocenters. The van der Waals surface area contributed by atoms with Crippen LogP contribution in [-0.4, -0.2) is 43.2 Å². The van der Waals surface area contributed by atoms with Crippen LogP contribution in [0.3, 0.4) is 0 Å². The minimum absolute atomic E-state index is 0.0707. The van der Waals surface area contributed by atoms with Crippen molar-refractivity contribution >= 4 is 34.7 Å². The lowest BCUT2D eigenvalue weighted by molar-refractivity contribution is -0.138. The first-order chi connectivity index (χ1) is 18.0. The second kappa shape index (κ2) is 8.42. The fourth-order valence-corrected chi connectivity index (χ4v) is 5.25. The summed E-state index contributed by atoms with van der Waals surface area (Å²) in [5.74, 6) is 0.477. The molecule has 4 aromatic rings. The molecule has 6 rings (SSSR count). The maximum absolute atomic E-state index is 13.8. The summed E-state index contributed by atoms with van der Waals surface area (Å²) in [7, 11) is 0. The van der Waals surface area contributed by atoms with Gasteiger partial charge in [0.2, 0.25) is 11.9 Å². The number of aliphatic hydroxyl groups is 1. The molecule has 4 heterocycles. The maximum Gasteiger partial charge on any atom is 0.416 e. The number of carbonyl (C=O) groups excluding carboxylic acids is 1. The van der Waals surface area contributed by atoms with Crippen molar-refractivity contribution in [2.75, 3.05) is 22.1 Å². The number of β-amino-alcohol motifs (C(OH)–C–C–N with tert-alkyl or cyclic N) is 1. The van der Waals surface area contributed by atoms with Crippen LogP contribution in [0, 0.1) is 0 Å². The van der Waals surface area contributed by atoms with E-state index in [0.29, 0.717) is 22.8 Å². The average Bonchev–Trinajstić information content (AvgIpc) is 3.51. The third-order valence-electron chi connectivity index (χ3n) is 7.18. The highest BCUT2D eigenvalue weighted by Gasteiger charge is 2.41. The molecule has 2 aliphatic rings. The molecular weight excluding hydrogens is 499 g/mol. The number of benzene rings is 2. The first-order valence-corrected chi connectivity index (χ1v) is 12.1. The summed E-state index contributed by atoms with van der Waals surface area (Å²) >= 11 is 0. The molecule has 3 N–H and O–H groups in total. The lowest BCUT2D eigenvalue weighted by atomic mass is 9.86. The van der Waals surface area contributed by atoms with E-state index in [1.807, 2.05) is 26.0 Å². The Hall–Kier alpha value is -4.19. The van der Waals surface area contributed by atoms with Crippen molar-refractivity contribution in [1.29, 1.82) is 0 Å². The van der Waals surface area contributed by atoms with Gasteiger partial charge in [0.25, 0.3) is 0 Å². The Morgan fingerprint density at radius 3 is 2.76 bits per heavy atom. The molecule has 2 atom stereocenters. The normalized spacial score (nSPS) is 20.6. The number of nitrogens with one attached hydrogen (secondary N) is 2. The highest BCUT2D eigenvalue weighted by Crippen LogP contribution is 2.43. The van der Waals surface area contributed by atoms with Crippen molar-refractivity contribution in [3.05, 3.63) is 71.5 Å². The smallest absolute Gasteiger partial charge is 0.391 e. The highest BCUT2D eigenvalue weighted by atomic mass is 19.4. The molecule has 2 aromatic carbocycles. The van der Waals surface area contributed by atoms with E-state index in [0.717, 1.165) is 11.6 Å². The van der Waals surface area contributed by atoms with Crippen LogP contribution in [0.5, 0.6) is 0 Å². The molecule has 0 spiro atoms. The van der Waals surface area contributed by atoms with E-state index in [1.54, 1.807) is 23.2 Å². The fraction of sp³-hybridized carbons (Fsp3) is 0.308. The molecule has 0 aliphatic carbocycles. The minimum atomic E-state index is -4.54. The average molecular weight is 524 g/mol. The Kier molecular flexibility index (Phi) is 5.35. The Balaban J connectivity index is 1.35. The van der Waals surface area contributed by atoms with Crippen LogP contribution in [0.2, 0.25) is 0 Å². The van der Waals surface area contributed by atoms with E-state index in [2.05, 4.69) is 25.7 Å². The van der Waals surface area contributed by atoms with Crippen molar-refractivity contribution in [2.45, 2.75) is 44.0 Å². The first kappa shape index (κ1) is 24.2. The van der Waals surface area contributed by atoms with Gasteiger partial charge in [0.1, 0.15) is 0 Å². The van der Waals surface area contributed by atoms with E-state index in [9.17, 15) is 23.1 Å². The maximum atomic E-state index is 13.8. The van der Waals surface area contributed by atoms with Crippen molar-refractivity contribution < 1.29 is 23.1 Å². The van der Waals surface area contributed by atoms with Crippen LogP contribution in [0.15, 0.2) is 54.9 Å². The van der Waals surface area contributed by atoms with Gasteiger partial charge in [-0.05, 0) is 49.6 Å². The van der Waals surface area contributed by atoms with E-state index in [-0.39, 0.29) is 30.4 Å². The van der Waals surface area contributed by atoms with Gasteiger partial charge in [-0.25, -0.2) is 9.50 Å². The van der Waals surface area contributed by atoms with E-state index >= 15 is 0 Å². The molecule has 1 saturated heterocycles. The van der Waals surface area contributed by atoms with Crippen molar-refractivity contribution in [2.24, 2.45) is 0 Å². The zero-order chi connectivity index (χ0) is 26.8. The topological polar surface area (TPSA) is 108 Å². The quantitative estimate of drug-likeness (QED) is 0.363. The molecule has 12 heteroatoms. The van der Waals surface area contributed by atoms with Gasteiger partial charge in [0.05, 0.1) is 23.1 Å². The Morgan fingerprint density at radius 1 is 1.18 bits per heavy atom. The summed E-state index contributed by atoms with van der Waals surface area (Å²) in [6, 6.07) is 10.1. The second-order valence-electron chi connectivity index (χ2n) is 10.1. The number of anilines is 4. The zero-order valence-electron chi connectivity index (χ0n) is 20.5. The molecular formula is C26H24F3N7O2. The number of carbonyl (C=O) groups is 1. The van der Waals surface area contributed by atoms with E-state index in [1.165, 1.54) is 22.8 Å².